The summed E-state index contributed by atoms with van der Waals surface area (Å²) in [4.78, 5) is 19.1. The van der Waals surface area contributed by atoms with Gasteiger partial charge in [-0.2, -0.15) is 5.26 Å². The molecular weight excluding hydrogens is 324 g/mol. The number of nitrogens with zero attached hydrogens (tertiary/aromatic N) is 3. The molecule has 4 rings (SSSR count). The van der Waals surface area contributed by atoms with Crippen molar-refractivity contribution >= 4 is 16.8 Å². The molecule has 5 heteroatoms. The molecule has 1 aromatic heterocycles. The molecule has 134 valence electrons. The van der Waals surface area contributed by atoms with Crippen molar-refractivity contribution in [1.82, 2.24) is 9.88 Å². The van der Waals surface area contributed by atoms with Crippen LogP contribution in [0.3, 0.4) is 0 Å². The molecule has 2 N–H and O–H groups in total. The highest BCUT2D eigenvalue weighted by atomic mass is 16.2. The maximum absolute atomic E-state index is 12.7. The molecule has 0 spiro atoms. The molecule has 1 aliphatic heterocycles. The van der Waals surface area contributed by atoms with E-state index in [4.69, 9.17) is 5.73 Å². The molecule has 0 bridgehead atoms. The third-order valence-corrected chi connectivity index (χ3v) is 5.77. The molecule has 0 unspecified atom stereocenters. The van der Waals surface area contributed by atoms with Crippen LogP contribution in [0.2, 0.25) is 0 Å². The molecular formula is C21H24N4O. The van der Waals surface area contributed by atoms with Crippen LogP contribution in [-0.2, 0) is 4.79 Å². The van der Waals surface area contributed by atoms with Crippen molar-refractivity contribution in [2.75, 3.05) is 13.1 Å². The predicted molar refractivity (Wildman–Crippen MR) is 100 cm³/mol. The Morgan fingerprint density at radius 3 is 2.92 bits per heavy atom. The highest BCUT2D eigenvalue weighted by molar-refractivity contribution is 5.87. The van der Waals surface area contributed by atoms with Gasteiger partial charge in [0.15, 0.2) is 0 Å². The van der Waals surface area contributed by atoms with E-state index in [1.807, 2.05) is 29.2 Å². The van der Waals surface area contributed by atoms with Crippen LogP contribution in [0.5, 0.6) is 0 Å². The van der Waals surface area contributed by atoms with E-state index in [2.05, 4.69) is 18.0 Å². The first-order valence-corrected chi connectivity index (χ1v) is 9.33. The maximum Gasteiger partial charge on any atom is 0.224 e. The quantitative estimate of drug-likeness (QED) is 0.924. The third kappa shape index (κ3) is 3.17. The average Bonchev–Trinajstić information content (AvgIpc) is 3.36. The zero-order chi connectivity index (χ0) is 18.3. The third-order valence-electron chi connectivity index (χ3n) is 5.77. The summed E-state index contributed by atoms with van der Waals surface area (Å²) in [6.07, 6.45) is 5.13. The number of rotatable bonds is 3. The van der Waals surface area contributed by atoms with Crippen LogP contribution < -0.4 is 5.73 Å². The van der Waals surface area contributed by atoms with Crippen molar-refractivity contribution < 1.29 is 4.79 Å². The molecule has 1 saturated carbocycles. The van der Waals surface area contributed by atoms with Crippen LogP contribution in [-0.4, -0.2) is 34.4 Å². The van der Waals surface area contributed by atoms with Crippen LogP contribution in [0.1, 0.15) is 49.7 Å². The summed E-state index contributed by atoms with van der Waals surface area (Å²) in [5, 5.41) is 10.4. The summed E-state index contributed by atoms with van der Waals surface area (Å²) >= 11 is 0. The van der Waals surface area contributed by atoms with Gasteiger partial charge >= 0.3 is 0 Å². The van der Waals surface area contributed by atoms with Gasteiger partial charge in [0, 0.05) is 42.6 Å². The molecule has 2 fully saturated rings. The van der Waals surface area contributed by atoms with Gasteiger partial charge < -0.3 is 10.6 Å². The van der Waals surface area contributed by atoms with Crippen molar-refractivity contribution in [3.8, 4) is 6.07 Å². The lowest BCUT2D eigenvalue weighted by molar-refractivity contribution is -0.133. The van der Waals surface area contributed by atoms with Gasteiger partial charge in [0.1, 0.15) is 6.07 Å². The van der Waals surface area contributed by atoms with E-state index in [-0.39, 0.29) is 17.4 Å². The van der Waals surface area contributed by atoms with Crippen molar-refractivity contribution in [3.63, 3.8) is 0 Å². The van der Waals surface area contributed by atoms with E-state index in [0.717, 1.165) is 43.3 Å². The molecule has 1 saturated heterocycles. The first-order valence-electron chi connectivity index (χ1n) is 9.33. The fourth-order valence-electron chi connectivity index (χ4n) is 4.17. The largest absolute Gasteiger partial charge is 0.342 e. The lowest BCUT2D eigenvalue weighted by Crippen LogP contribution is -2.44. The molecule has 2 atom stereocenters. The predicted octanol–water partition coefficient (Wildman–Crippen LogP) is 2.94. The molecule has 5 nitrogen and oxygen atoms in total. The second kappa shape index (κ2) is 6.37. The minimum atomic E-state index is -0.252. The lowest BCUT2D eigenvalue weighted by atomic mass is 9.83. The Hall–Kier alpha value is -2.45. The van der Waals surface area contributed by atoms with Gasteiger partial charge in [0.05, 0.1) is 11.1 Å². The fraction of sp³-hybridized carbons (Fsp3) is 0.476. The van der Waals surface area contributed by atoms with Crippen molar-refractivity contribution in [2.45, 2.75) is 44.1 Å². The van der Waals surface area contributed by atoms with Gasteiger partial charge in [0.2, 0.25) is 5.91 Å². The summed E-state index contributed by atoms with van der Waals surface area (Å²) in [5.41, 5.74) is 8.44. The van der Waals surface area contributed by atoms with Crippen LogP contribution >= 0.6 is 0 Å². The Kier molecular flexibility index (Phi) is 4.16. The van der Waals surface area contributed by atoms with E-state index in [0.29, 0.717) is 17.9 Å². The van der Waals surface area contributed by atoms with Gasteiger partial charge in [-0.15, -0.1) is 0 Å². The summed E-state index contributed by atoms with van der Waals surface area (Å²) < 4.78 is 0. The number of amides is 1. The number of nitriles is 1. The molecule has 2 aliphatic rings. The monoisotopic (exact) mass is 348 g/mol. The average molecular weight is 348 g/mol. The van der Waals surface area contributed by atoms with Crippen molar-refractivity contribution in [1.29, 1.82) is 5.26 Å². The number of aromatic nitrogens is 1. The molecule has 1 aliphatic carbocycles. The van der Waals surface area contributed by atoms with Crippen LogP contribution in [0.25, 0.3) is 10.9 Å². The number of hydrogen-bond acceptors (Lipinski definition) is 4. The Balaban J connectivity index is 1.64. The van der Waals surface area contributed by atoms with Gasteiger partial charge in [-0.3, -0.25) is 9.78 Å². The highest BCUT2D eigenvalue weighted by Crippen LogP contribution is 2.38. The smallest absolute Gasteiger partial charge is 0.224 e. The van der Waals surface area contributed by atoms with E-state index in [1.165, 1.54) is 5.56 Å². The molecule has 26 heavy (non-hydrogen) atoms. The van der Waals surface area contributed by atoms with E-state index in [9.17, 15) is 10.1 Å². The van der Waals surface area contributed by atoms with Crippen LogP contribution in [0.15, 0.2) is 30.5 Å². The summed E-state index contributed by atoms with van der Waals surface area (Å²) in [6.45, 7) is 3.72. The SMILES string of the molecule is C[C@H]1C[C@H](c2ccc(C#N)c3ncccc23)CN(C(=O)CC2(N)CC2)C1. The van der Waals surface area contributed by atoms with Crippen LogP contribution in [0.4, 0.5) is 0 Å². The van der Waals surface area contributed by atoms with E-state index < -0.39 is 0 Å². The second-order valence-electron chi connectivity index (χ2n) is 8.09. The lowest BCUT2D eigenvalue weighted by Gasteiger charge is -2.37. The fourth-order valence-corrected chi connectivity index (χ4v) is 4.17. The van der Waals surface area contributed by atoms with Gasteiger partial charge in [0.25, 0.3) is 0 Å². The Bertz CT molecular complexity index is 897. The van der Waals surface area contributed by atoms with E-state index >= 15 is 0 Å². The summed E-state index contributed by atoms with van der Waals surface area (Å²) in [7, 11) is 0. The Labute approximate surface area is 153 Å². The zero-order valence-electron chi connectivity index (χ0n) is 15.1. The van der Waals surface area contributed by atoms with Gasteiger partial charge in [-0.05, 0) is 42.9 Å². The first kappa shape index (κ1) is 17.0. The number of piperidine rings is 1. The molecule has 2 heterocycles. The standard InChI is InChI=1S/C21H24N4O/c1-14-9-16(13-25(12-14)19(26)10-21(23)6-7-21)17-5-4-15(11-22)20-18(17)3-2-8-24-20/h2-5,8,14,16H,6-7,9-10,12-13,23H2,1H3/t14-,16-/m0/s1. The molecule has 2 aromatic rings. The van der Waals surface area contributed by atoms with Crippen LogP contribution in [0, 0.1) is 17.2 Å². The maximum atomic E-state index is 12.7. The number of fused-ring (bicyclic) bond motifs is 1. The van der Waals surface area contributed by atoms with Crippen molar-refractivity contribution in [2.24, 2.45) is 11.7 Å². The minimum Gasteiger partial charge on any atom is -0.342 e. The topological polar surface area (TPSA) is 83.0 Å². The number of carbonyl (C=O) groups is 1. The normalized spacial score (nSPS) is 24.3. The van der Waals surface area contributed by atoms with Gasteiger partial charge in [-0.1, -0.05) is 19.1 Å². The number of pyridine rings is 1. The number of likely N-dealkylation sites (tertiary alicyclic amines) is 1. The molecule has 1 amide bonds. The minimum absolute atomic E-state index is 0.178. The summed E-state index contributed by atoms with van der Waals surface area (Å²) in [5.74, 6) is 0.876. The number of benzene rings is 1. The first-order chi connectivity index (χ1) is 12.5. The number of nitrogens with two attached hydrogens (primary N) is 1. The molecule has 0 radical (unpaired) electrons. The van der Waals surface area contributed by atoms with Gasteiger partial charge in [-0.25, -0.2) is 0 Å². The Morgan fingerprint density at radius 1 is 1.38 bits per heavy atom. The highest BCUT2D eigenvalue weighted by Gasteiger charge is 2.42. The number of carbonyl (C=O) groups excluding carboxylic acids is 1. The molecule has 1 aromatic carbocycles. The second-order valence-corrected chi connectivity index (χ2v) is 8.09. The van der Waals surface area contributed by atoms with E-state index in [1.54, 1.807) is 6.20 Å². The summed E-state index contributed by atoms with van der Waals surface area (Å²) in [6, 6.07) is 10.1. The zero-order valence-corrected chi connectivity index (χ0v) is 15.1. The van der Waals surface area contributed by atoms with Crippen molar-refractivity contribution in [3.05, 3.63) is 41.6 Å². The Morgan fingerprint density at radius 2 is 2.19 bits per heavy atom. The number of hydrogen-bond donors (Lipinski definition) is 1.